The molecule has 1 aliphatic heterocycles. The molecular formula is C22H35N3O6. The number of hydroxylamine groups is 2. The fourth-order valence-corrected chi connectivity index (χ4v) is 5.07. The van der Waals surface area contributed by atoms with Gasteiger partial charge in [-0.3, -0.25) is 24.9 Å². The minimum absolute atomic E-state index is 0.103. The van der Waals surface area contributed by atoms with Gasteiger partial charge in [0.05, 0.1) is 12.5 Å². The van der Waals surface area contributed by atoms with Gasteiger partial charge < -0.3 is 9.64 Å². The topological polar surface area (TPSA) is 116 Å². The molecule has 0 radical (unpaired) electrons. The number of imide groups is 1. The maximum atomic E-state index is 13.5. The van der Waals surface area contributed by atoms with E-state index in [1.807, 2.05) is 13.8 Å². The second kappa shape index (κ2) is 9.97. The highest BCUT2D eigenvalue weighted by Gasteiger charge is 2.49. The highest BCUT2D eigenvalue weighted by atomic mass is 16.6. The summed E-state index contributed by atoms with van der Waals surface area (Å²) in [5.41, 5.74) is -0.516. The van der Waals surface area contributed by atoms with Crippen LogP contribution < -0.4 is 5.32 Å². The van der Waals surface area contributed by atoms with Gasteiger partial charge in [0.2, 0.25) is 12.3 Å². The van der Waals surface area contributed by atoms with E-state index in [1.54, 1.807) is 0 Å². The molecule has 0 aromatic carbocycles. The molecule has 9 nitrogen and oxygen atoms in total. The molecule has 174 valence electrons. The van der Waals surface area contributed by atoms with E-state index < -0.39 is 29.4 Å². The molecule has 0 spiro atoms. The quantitative estimate of drug-likeness (QED) is 0.342. The van der Waals surface area contributed by atoms with Crippen LogP contribution in [0.3, 0.4) is 0 Å². The van der Waals surface area contributed by atoms with Crippen LogP contribution >= 0.6 is 0 Å². The molecule has 0 aromatic rings. The molecule has 2 N–H and O–H groups in total. The molecule has 3 aliphatic rings. The van der Waals surface area contributed by atoms with E-state index in [4.69, 9.17) is 4.74 Å². The zero-order chi connectivity index (χ0) is 22.6. The number of hydrogen-bond donors (Lipinski definition) is 2. The monoisotopic (exact) mass is 437 g/mol. The summed E-state index contributed by atoms with van der Waals surface area (Å²) in [6.07, 6.45) is 7.47. The van der Waals surface area contributed by atoms with E-state index in [9.17, 15) is 24.4 Å². The summed E-state index contributed by atoms with van der Waals surface area (Å²) in [5, 5.41) is 12.6. The van der Waals surface area contributed by atoms with Crippen LogP contribution in [0.15, 0.2) is 0 Å². The van der Waals surface area contributed by atoms with Crippen LogP contribution in [0.4, 0.5) is 4.79 Å². The van der Waals surface area contributed by atoms with E-state index in [0.29, 0.717) is 36.8 Å². The molecule has 2 aliphatic carbocycles. The molecule has 0 bridgehead atoms. The molecule has 3 rings (SSSR count). The Morgan fingerprint density at radius 2 is 1.87 bits per heavy atom. The average Bonchev–Trinajstić information content (AvgIpc) is 3.30. The third-order valence-corrected chi connectivity index (χ3v) is 7.10. The molecular weight excluding hydrogens is 402 g/mol. The van der Waals surface area contributed by atoms with E-state index in [-0.39, 0.29) is 18.6 Å². The molecule has 1 heterocycles. The van der Waals surface area contributed by atoms with Gasteiger partial charge in [-0.25, -0.2) is 9.86 Å². The van der Waals surface area contributed by atoms with Crippen LogP contribution in [-0.4, -0.2) is 64.7 Å². The van der Waals surface area contributed by atoms with Gasteiger partial charge in [-0.05, 0) is 43.4 Å². The first-order chi connectivity index (χ1) is 14.7. The number of hydrogen-bond acceptors (Lipinski definition) is 6. The molecule has 2 atom stereocenters. The number of alkyl carbamates (subject to hydrolysis) is 1. The van der Waals surface area contributed by atoms with E-state index >= 15 is 0 Å². The van der Waals surface area contributed by atoms with Crippen LogP contribution in [0.1, 0.15) is 71.6 Å². The van der Waals surface area contributed by atoms with Crippen molar-refractivity contribution < 1.29 is 29.1 Å². The van der Waals surface area contributed by atoms with Crippen molar-refractivity contribution >= 4 is 24.3 Å². The first-order valence-electron chi connectivity index (χ1n) is 11.4. The lowest BCUT2D eigenvalue weighted by molar-refractivity contribution is -0.159. The van der Waals surface area contributed by atoms with Crippen LogP contribution in [0, 0.1) is 17.3 Å². The van der Waals surface area contributed by atoms with Crippen molar-refractivity contribution in [3.63, 3.8) is 0 Å². The summed E-state index contributed by atoms with van der Waals surface area (Å²) in [4.78, 5) is 51.1. The maximum absolute atomic E-state index is 13.5. The Bertz CT molecular complexity index is 687. The Hall–Kier alpha value is -2.16. The van der Waals surface area contributed by atoms with E-state index in [0.717, 1.165) is 44.9 Å². The second-order valence-electron chi connectivity index (χ2n) is 9.93. The third kappa shape index (κ3) is 5.75. The molecule has 0 aromatic heterocycles. The van der Waals surface area contributed by atoms with E-state index in [2.05, 4.69) is 5.32 Å². The van der Waals surface area contributed by atoms with Crippen molar-refractivity contribution in [2.75, 3.05) is 13.1 Å². The molecule has 2 saturated carbocycles. The van der Waals surface area contributed by atoms with Gasteiger partial charge >= 0.3 is 6.09 Å². The zero-order valence-electron chi connectivity index (χ0n) is 18.5. The third-order valence-electron chi connectivity index (χ3n) is 7.10. The Morgan fingerprint density at radius 3 is 2.45 bits per heavy atom. The minimum Gasteiger partial charge on any atom is -0.446 e. The SMILES string of the molecule is CC1(C)CCN(C(=O)C(CC2CCCC2)CN(O)C=O)[C@@H]1C(=O)NC(=O)OC1CCC1. The number of rotatable bonds is 8. The first-order valence-corrected chi connectivity index (χ1v) is 11.4. The second-order valence-corrected chi connectivity index (χ2v) is 9.93. The van der Waals surface area contributed by atoms with Gasteiger partial charge in [-0.1, -0.05) is 39.5 Å². The van der Waals surface area contributed by atoms with Gasteiger partial charge in [0.25, 0.3) is 5.91 Å². The van der Waals surface area contributed by atoms with Gasteiger partial charge in [0.1, 0.15) is 12.1 Å². The summed E-state index contributed by atoms with van der Waals surface area (Å²) >= 11 is 0. The molecule has 1 saturated heterocycles. The number of nitrogens with one attached hydrogen (secondary N) is 1. The smallest absolute Gasteiger partial charge is 0.414 e. The van der Waals surface area contributed by atoms with Crippen molar-refractivity contribution in [3.05, 3.63) is 0 Å². The fourth-order valence-electron chi connectivity index (χ4n) is 5.07. The molecule has 1 unspecified atom stereocenters. The molecule has 31 heavy (non-hydrogen) atoms. The predicted octanol–water partition coefficient (Wildman–Crippen LogP) is 2.46. The highest BCUT2D eigenvalue weighted by Crippen LogP contribution is 2.38. The Morgan fingerprint density at radius 1 is 1.19 bits per heavy atom. The summed E-state index contributed by atoms with van der Waals surface area (Å²) in [6, 6.07) is -0.816. The zero-order valence-corrected chi connectivity index (χ0v) is 18.5. The van der Waals surface area contributed by atoms with Crippen LogP contribution in [-0.2, 0) is 19.1 Å². The number of likely N-dealkylation sites (tertiary alicyclic amines) is 1. The summed E-state index contributed by atoms with van der Waals surface area (Å²) < 4.78 is 5.23. The highest BCUT2D eigenvalue weighted by molar-refractivity contribution is 5.98. The molecule has 9 heteroatoms. The normalized spacial score (nSPS) is 24.4. The molecule has 3 fully saturated rings. The summed E-state index contributed by atoms with van der Waals surface area (Å²) in [5.74, 6) is -1.03. The van der Waals surface area contributed by atoms with Gasteiger partial charge in [0, 0.05) is 6.54 Å². The lowest BCUT2D eigenvalue weighted by Crippen LogP contribution is -2.54. The van der Waals surface area contributed by atoms with Crippen molar-refractivity contribution in [1.82, 2.24) is 15.3 Å². The number of amides is 4. The number of ether oxygens (including phenoxy) is 1. The lowest BCUT2D eigenvalue weighted by atomic mass is 9.83. The average molecular weight is 438 g/mol. The standard InChI is InChI=1S/C22H35N3O6/c1-22(2)10-11-25(18(22)19(27)23-21(29)31-17-8-5-9-17)20(28)16(13-24(30)14-26)12-15-6-3-4-7-15/h14-18,30H,3-13H2,1-2H3,(H,23,27,29)/t16?,18-/m1/s1. The fraction of sp³-hybridized carbons (Fsp3) is 0.818. The van der Waals surface area contributed by atoms with Gasteiger partial charge in [-0.2, -0.15) is 0 Å². The Kier molecular flexibility index (Phi) is 7.56. The van der Waals surface area contributed by atoms with Crippen LogP contribution in [0.5, 0.6) is 0 Å². The van der Waals surface area contributed by atoms with Crippen molar-refractivity contribution in [3.8, 4) is 0 Å². The number of carbonyl (C=O) groups is 4. The Balaban J connectivity index is 1.71. The first kappa shape index (κ1) is 23.5. The lowest BCUT2D eigenvalue weighted by Gasteiger charge is -2.34. The predicted molar refractivity (Wildman–Crippen MR) is 111 cm³/mol. The van der Waals surface area contributed by atoms with Crippen molar-refractivity contribution in [1.29, 1.82) is 0 Å². The van der Waals surface area contributed by atoms with Crippen LogP contribution in [0.2, 0.25) is 0 Å². The number of nitrogens with zero attached hydrogens (tertiary/aromatic N) is 2. The van der Waals surface area contributed by atoms with Crippen molar-refractivity contribution in [2.24, 2.45) is 17.3 Å². The largest absolute Gasteiger partial charge is 0.446 e. The van der Waals surface area contributed by atoms with Gasteiger partial charge in [-0.15, -0.1) is 0 Å². The summed E-state index contributed by atoms with van der Waals surface area (Å²) in [7, 11) is 0. The van der Waals surface area contributed by atoms with E-state index in [1.165, 1.54) is 4.90 Å². The van der Waals surface area contributed by atoms with Gasteiger partial charge in [0.15, 0.2) is 0 Å². The number of carbonyl (C=O) groups excluding carboxylic acids is 4. The van der Waals surface area contributed by atoms with Crippen LogP contribution in [0.25, 0.3) is 0 Å². The minimum atomic E-state index is -0.816. The summed E-state index contributed by atoms with van der Waals surface area (Å²) in [6.45, 7) is 4.08. The Labute approximate surface area is 183 Å². The van der Waals surface area contributed by atoms with Crippen molar-refractivity contribution in [2.45, 2.75) is 83.8 Å². The molecule has 4 amide bonds. The maximum Gasteiger partial charge on any atom is 0.414 e.